The Morgan fingerprint density at radius 2 is 1.45 bits per heavy atom. The van der Waals surface area contributed by atoms with Crippen LogP contribution in [0.15, 0.2) is 30.3 Å². The van der Waals surface area contributed by atoms with Crippen LogP contribution in [0.3, 0.4) is 0 Å². The van der Waals surface area contributed by atoms with Crippen molar-refractivity contribution >= 4 is 14.7 Å². The molecule has 0 aromatic heterocycles. The SMILES string of the molecule is C[SiH2]c1ccccc1.[Cl-].[Cl-].[Hf]. The molecule has 62 valence electrons. The van der Waals surface area contributed by atoms with Gasteiger partial charge >= 0.3 is 0 Å². The summed E-state index contributed by atoms with van der Waals surface area (Å²) in [4.78, 5) is 0. The fraction of sp³-hybridized carbons (Fsp3) is 0.143. The monoisotopic (exact) mass is 372 g/mol. The Kier molecular flexibility index (Phi) is 17.7. The number of halogens is 2. The molecule has 0 fully saturated rings. The summed E-state index contributed by atoms with van der Waals surface area (Å²) < 4.78 is 0. The molecule has 0 bridgehead atoms. The average Bonchev–Trinajstić information content (AvgIpc) is 1.90. The smallest absolute Gasteiger partial charge is 0.0516 e. The Hall–Kier alpha value is 0.887. The van der Waals surface area contributed by atoms with E-state index in [1.807, 2.05) is 0 Å². The van der Waals surface area contributed by atoms with Crippen LogP contribution in [0.4, 0.5) is 0 Å². The standard InChI is InChI=1S/C7H10Si.2ClH.Hf/c1-8-7-5-3-2-4-6-7;;;/h2-6H,8H2,1H3;2*1H;/p-2. The van der Waals surface area contributed by atoms with Crippen molar-refractivity contribution in [2.75, 3.05) is 0 Å². The number of rotatable bonds is 1. The first kappa shape index (κ1) is 17.8. The van der Waals surface area contributed by atoms with Gasteiger partial charge in [-0.3, -0.25) is 0 Å². The van der Waals surface area contributed by atoms with Gasteiger partial charge in [0.25, 0.3) is 0 Å². The fourth-order valence-electron chi connectivity index (χ4n) is 0.714. The van der Waals surface area contributed by atoms with Crippen molar-refractivity contribution in [2.45, 2.75) is 6.55 Å². The summed E-state index contributed by atoms with van der Waals surface area (Å²) in [5, 5.41) is 1.55. The van der Waals surface area contributed by atoms with Gasteiger partial charge in [-0.05, 0) is 0 Å². The van der Waals surface area contributed by atoms with Gasteiger partial charge in [0.1, 0.15) is 0 Å². The molecular weight excluding hydrogens is 362 g/mol. The number of benzene rings is 1. The molecule has 0 N–H and O–H groups in total. The maximum Gasteiger partial charge on any atom is 0.0516 e. The van der Waals surface area contributed by atoms with Crippen molar-refractivity contribution in [1.82, 2.24) is 0 Å². The predicted octanol–water partition coefficient (Wildman–Crippen LogP) is -5.47. The van der Waals surface area contributed by atoms with E-state index in [1.54, 1.807) is 5.19 Å². The summed E-state index contributed by atoms with van der Waals surface area (Å²) in [6.07, 6.45) is 0. The number of hydrogen-bond acceptors (Lipinski definition) is 0. The minimum absolute atomic E-state index is 0. The van der Waals surface area contributed by atoms with Crippen molar-refractivity contribution < 1.29 is 50.7 Å². The van der Waals surface area contributed by atoms with E-state index in [4.69, 9.17) is 0 Å². The van der Waals surface area contributed by atoms with E-state index in [0.29, 0.717) is 0 Å². The maximum atomic E-state index is 2.30. The van der Waals surface area contributed by atoms with Crippen LogP contribution < -0.4 is 30.0 Å². The van der Waals surface area contributed by atoms with E-state index >= 15 is 0 Å². The third-order valence-corrected chi connectivity index (χ3v) is 2.54. The van der Waals surface area contributed by atoms with Crippen LogP contribution in [0.25, 0.3) is 0 Å². The van der Waals surface area contributed by atoms with Gasteiger partial charge in [0.05, 0.1) is 9.52 Å². The van der Waals surface area contributed by atoms with Crippen LogP contribution >= 0.6 is 0 Å². The van der Waals surface area contributed by atoms with Crippen LogP contribution in [-0.4, -0.2) is 9.52 Å². The summed E-state index contributed by atoms with van der Waals surface area (Å²) in [6.45, 7) is 2.30. The molecular formula is C7H10Cl2HfSi-2. The van der Waals surface area contributed by atoms with Gasteiger partial charge in [-0.2, -0.15) is 0 Å². The summed E-state index contributed by atoms with van der Waals surface area (Å²) in [6, 6.07) is 10.7. The van der Waals surface area contributed by atoms with E-state index < -0.39 is 0 Å². The third-order valence-electron chi connectivity index (χ3n) is 1.25. The molecule has 0 amide bonds. The molecule has 0 aliphatic carbocycles. The predicted molar refractivity (Wildman–Crippen MR) is 40.5 cm³/mol. The maximum absolute atomic E-state index is 2.30. The van der Waals surface area contributed by atoms with E-state index in [0.717, 1.165) is 0 Å². The zero-order chi connectivity index (χ0) is 5.82. The van der Waals surface area contributed by atoms with Gasteiger partial charge in [-0.1, -0.05) is 42.1 Å². The summed E-state index contributed by atoms with van der Waals surface area (Å²) in [7, 11) is 0.0913. The van der Waals surface area contributed by atoms with E-state index in [1.165, 1.54) is 0 Å². The second-order valence-electron chi connectivity index (χ2n) is 1.84. The molecule has 0 aliphatic rings. The van der Waals surface area contributed by atoms with Gasteiger partial charge < -0.3 is 24.8 Å². The molecule has 0 heterocycles. The van der Waals surface area contributed by atoms with E-state index in [9.17, 15) is 0 Å². The molecule has 1 aromatic carbocycles. The molecule has 0 radical (unpaired) electrons. The van der Waals surface area contributed by atoms with Crippen LogP contribution in [-0.2, 0) is 25.8 Å². The molecule has 0 nitrogen and oxygen atoms in total. The summed E-state index contributed by atoms with van der Waals surface area (Å²) in [5.74, 6) is 0. The Morgan fingerprint density at radius 3 is 1.73 bits per heavy atom. The molecule has 0 atom stereocenters. The largest absolute Gasteiger partial charge is 1.00 e. The second kappa shape index (κ2) is 10.9. The van der Waals surface area contributed by atoms with Gasteiger partial charge in [0.2, 0.25) is 0 Å². The topological polar surface area (TPSA) is 0 Å². The van der Waals surface area contributed by atoms with Crippen molar-refractivity contribution in [3.8, 4) is 0 Å². The molecule has 0 unspecified atom stereocenters. The first-order valence-electron chi connectivity index (χ1n) is 2.97. The zero-order valence-corrected chi connectivity index (χ0v) is 12.9. The Morgan fingerprint density at radius 1 is 1.00 bits per heavy atom. The molecule has 0 saturated carbocycles. The van der Waals surface area contributed by atoms with Crippen molar-refractivity contribution in [3.05, 3.63) is 30.3 Å². The van der Waals surface area contributed by atoms with Crippen molar-refractivity contribution in [1.29, 1.82) is 0 Å². The molecule has 1 rings (SSSR count). The van der Waals surface area contributed by atoms with Gasteiger partial charge in [0.15, 0.2) is 0 Å². The fourth-order valence-corrected chi connectivity index (χ4v) is 1.46. The number of hydrogen-bond donors (Lipinski definition) is 0. The third kappa shape index (κ3) is 7.25. The minimum atomic E-state index is 0. The van der Waals surface area contributed by atoms with Crippen LogP contribution in [0.2, 0.25) is 6.55 Å². The minimum Gasteiger partial charge on any atom is -1.00 e. The molecule has 0 saturated heterocycles. The van der Waals surface area contributed by atoms with Gasteiger partial charge in [0, 0.05) is 25.8 Å². The average molecular weight is 372 g/mol. The van der Waals surface area contributed by atoms with E-state index in [-0.39, 0.29) is 60.2 Å². The van der Waals surface area contributed by atoms with Crippen molar-refractivity contribution in [2.24, 2.45) is 0 Å². The van der Waals surface area contributed by atoms with E-state index in [2.05, 4.69) is 36.9 Å². The van der Waals surface area contributed by atoms with Gasteiger partial charge in [-0.15, -0.1) is 0 Å². The molecule has 1 aromatic rings. The summed E-state index contributed by atoms with van der Waals surface area (Å²) in [5.41, 5.74) is 0. The van der Waals surface area contributed by atoms with Crippen LogP contribution in [0.1, 0.15) is 0 Å². The first-order valence-corrected chi connectivity index (χ1v) is 5.09. The normalized spacial score (nSPS) is 7.73. The molecule has 0 spiro atoms. The zero-order valence-electron chi connectivity index (χ0n) is 6.35. The molecule has 11 heavy (non-hydrogen) atoms. The van der Waals surface area contributed by atoms with Crippen LogP contribution in [0, 0.1) is 0 Å². The Labute approximate surface area is 102 Å². The van der Waals surface area contributed by atoms with Gasteiger partial charge in [-0.25, -0.2) is 0 Å². The Balaban J connectivity index is -0.000000213. The second-order valence-corrected chi connectivity index (χ2v) is 3.36. The molecule has 0 aliphatic heterocycles. The molecule has 4 heteroatoms. The summed E-state index contributed by atoms with van der Waals surface area (Å²) >= 11 is 0. The Bertz CT molecular complexity index is 158. The first-order chi connectivity index (χ1) is 3.93. The quantitative estimate of drug-likeness (QED) is 0.432. The van der Waals surface area contributed by atoms with Crippen LogP contribution in [0.5, 0.6) is 0 Å². The van der Waals surface area contributed by atoms with Crippen molar-refractivity contribution in [3.63, 3.8) is 0 Å².